The highest BCUT2D eigenvalue weighted by atomic mass is 32.1. The second-order valence-corrected chi connectivity index (χ2v) is 9.62. The largest absolute Gasteiger partial charge is 0.494 e. The minimum absolute atomic E-state index is 0.108. The number of carbonyl (C=O) groups is 1. The first kappa shape index (κ1) is 23.7. The SMILES string of the molecule is Cc1ccc(OCCCCn2cnc3sc(C(=O)Nc4ccc(C)cc4C)c(C)c3c2=O)cc1. The number of rotatable bonds is 8. The molecule has 4 rings (SSSR count). The first-order valence-corrected chi connectivity index (χ1v) is 12.2. The van der Waals surface area contributed by atoms with Gasteiger partial charge in [0, 0.05) is 12.2 Å². The van der Waals surface area contributed by atoms with Crippen molar-refractivity contribution >= 4 is 33.1 Å². The summed E-state index contributed by atoms with van der Waals surface area (Å²) in [4.78, 5) is 31.7. The molecule has 1 N–H and O–H groups in total. The molecule has 0 spiro atoms. The van der Waals surface area contributed by atoms with E-state index in [9.17, 15) is 9.59 Å². The third-order valence-corrected chi connectivity index (χ3v) is 7.04. The van der Waals surface area contributed by atoms with Crippen molar-refractivity contribution in [3.63, 3.8) is 0 Å². The van der Waals surface area contributed by atoms with E-state index >= 15 is 0 Å². The number of thiophene rings is 1. The lowest BCUT2D eigenvalue weighted by atomic mass is 10.1. The number of ether oxygens (including phenoxy) is 1. The summed E-state index contributed by atoms with van der Waals surface area (Å²) in [5, 5.41) is 3.50. The van der Waals surface area contributed by atoms with Crippen LogP contribution in [0.5, 0.6) is 5.75 Å². The van der Waals surface area contributed by atoms with Crippen molar-refractivity contribution in [3.05, 3.63) is 86.3 Å². The van der Waals surface area contributed by atoms with Gasteiger partial charge in [0.1, 0.15) is 10.6 Å². The van der Waals surface area contributed by atoms with Crippen molar-refractivity contribution < 1.29 is 9.53 Å². The highest BCUT2D eigenvalue weighted by Crippen LogP contribution is 2.28. The van der Waals surface area contributed by atoms with E-state index in [4.69, 9.17) is 4.74 Å². The summed E-state index contributed by atoms with van der Waals surface area (Å²) in [6, 6.07) is 13.9. The van der Waals surface area contributed by atoms with Crippen molar-refractivity contribution in [2.75, 3.05) is 11.9 Å². The van der Waals surface area contributed by atoms with Gasteiger partial charge in [-0.3, -0.25) is 14.2 Å². The second-order valence-electron chi connectivity index (χ2n) is 8.62. The first-order chi connectivity index (χ1) is 16.3. The molecule has 4 aromatic rings. The number of carbonyl (C=O) groups excluding carboxylic acids is 1. The maximum atomic E-state index is 13.1. The smallest absolute Gasteiger partial charge is 0.266 e. The fourth-order valence-electron chi connectivity index (χ4n) is 3.88. The van der Waals surface area contributed by atoms with Gasteiger partial charge in [-0.1, -0.05) is 35.4 Å². The molecule has 34 heavy (non-hydrogen) atoms. The number of benzene rings is 2. The van der Waals surface area contributed by atoms with E-state index in [1.165, 1.54) is 16.9 Å². The quantitative estimate of drug-likeness (QED) is 0.327. The van der Waals surface area contributed by atoms with Gasteiger partial charge in [0.2, 0.25) is 0 Å². The fraction of sp³-hybridized carbons (Fsp3) is 0.296. The molecule has 0 aliphatic rings. The average molecular weight is 476 g/mol. The lowest BCUT2D eigenvalue weighted by molar-refractivity contribution is 0.103. The zero-order chi connectivity index (χ0) is 24.2. The molecule has 0 fully saturated rings. The molecule has 2 aromatic heterocycles. The van der Waals surface area contributed by atoms with Crippen LogP contribution in [0, 0.1) is 27.7 Å². The van der Waals surface area contributed by atoms with E-state index in [0.717, 1.165) is 35.4 Å². The van der Waals surface area contributed by atoms with Crippen molar-refractivity contribution in [1.82, 2.24) is 9.55 Å². The molecule has 1 amide bonds. The van der Waals surface area contributed by atoms with Gasteiger partial charge in [0.25, 0.3) is 11.5 Å². The standard InChI is InChI=1S/C27H29N3O3S/c1-17-7-10-21(11-8-17)33-14-6-5-13-30-16-28-26-23(27(30)32)20(4)24(34-26)25(31)29-22-12-9-18(2)15-19(22)3/h7-12,15-16H,5-6,13-14H2,1-4H3,(H,29,31). The van der Waals surface area contributed by atoms with Gasteiger partial charge in [0.15, 0.2) is 0 Å². The summed E-state index contributed by atoms with van der Waals surface area (Å²) in [5.41, 5.74) is 4.68. The maximum absolute atomic E-state index is 13.1. The Morgan fingerprint density at radius 2 is 1.76 bits per heavy atom. The van der Waals surface area contributed by atoms with E-state index in [1.807, 2.05) is 70.2 Å². The molecule has 0 radical (unpaired) electrons. The molecule has 0 unspecified atom stereocenters. The number of amides is 1. The molecular formula is C27H29N3O3S. The highest BCUT2D eigenvalue weighted by Gasteiger charge is 2.20. The Hall–Kier alpha value is -3.45. The van der Waals surface area contributed by atoms with Crippen LogP contribution in [-0.4, -0.2) is 22.1 Å². The molecule has 0 saturated heterocycles. The number of aromatic nitrogens is 2. The van der Waals surface area contributed by atoms with Gasteiger partial charge in [-0.25, -0.2) is 4.98 Å². The molecule has 0 saturated carbocycles. The van der Waals surface area contributed by atoms with Gasteiger partial charge in [-0.2, -0.15) is 0 Å². The first-order valence-electron chi connectivity index (χ1n) is 11.4. The third-order valence-electron chi connectivity index (χ3n) is 5.84. The van der Waals surface area contributed by atoms with Crippen LogP contribution in [0.25, 0.3) is 10.2 Å². The second kappa shape index (κ2) is 10.2. The number of hydrogen-bond donors (Lipinski definition) is 1. The summed E-state index contributed by atoms with van der Waals surface area (Å²) in [6.45, 7) is 8.99. The van der Waals surface area contributed by atoms with Crippen LogP contribution in [-0.2, 0) is 6.54 Å². The van der Waals surface area contributed by atoms with Gasteiger partial charge in [-0.05, 0) is 69.9 Å². The van der Waals surface area contributed by atoms with E-state index in [1.54, 1.807) is 10.9 Å². The minimum atomic E-state index is -0.216. The van der Waals surface area contributed by atoms with Crippen LogP contribution in [0.15, 0.2) is 53.6 Å². The van der Waals surface area contributed by atoms with Gasteiger partial charge in [-0.15, -0.1) is 11.3 Å². The molecule has 2 aromatic carbocycles. The molecule has 176 valence electrons. The number of nitrogens with one attached hydrogen (secondary N) is 1. The van der Waals surface area contributed by atoms with Crippen LogP contribution in [0.1, 0.15) is 44.8 Å². The predicted molar refractivity (Wildman–Crippen MR) is 138 cm³/mol. The van der Waals surface area contributed by atoms with Crippen molar-refractivity contribution in [2.24, 2.45) is 0 Å². The Morgan fingerprint density at radius 3 is 2.50 bits per heavy atom. The molecule has 7 heteroatoms. The van der Waals surface area contributed by atoms with Crippen LogP contribution in [0.3, 0.4) is 0 Å². The van der Waals surface area contributed by atoms with Gasteiger partial charge >= 0.3 is 0 Å². The summed E-state index contributed by atoms with van der Waals surface area (Å²) in [6.07, 6.45) is 3.19. The number of anilines is 1. The maximum Gasteiger partial charge on any atom is 0.266 e. The molecule has 0 bridgehead atoms. The van der Waals surface area contributed by atoms with E-state index in [0.29, 0.717) is 33.8 Å². The molecule has 2 heterocycles. The van der Waals surface area contributed by atoms with E-state index in [2.05, 4.69) is 10.3 Å². The van der Waals surface area contributed by atoms with Crippen molar-refractivity contribution in [2.45, 2.75) is 47.1 Å². The monoisotopic (exact) mass is 475 g/mol. The highest BCUT2D eigenvalue weighted by molar-refractivity contribution is 7.20. The Kier molecular flexibility index (Phi) is 7.12. The topological polar surface area (TPSA) is 73.2 Å². The summed E-state index contributed by atoms with van der Waals surface area (Å²) in [7, 11) is 0. The lowest BCUT2D eigenvalue weighted by Gasteiger charge is -2.09. The Morgan fingerprint density at radius 1 is 1.03 bits per heavy atom. The van der Waals surface area contributed by atoms with Crippen molar-refractivity contribution in [3.8, 4) is 5.75 Å². The van der Waals surface area contributed by atoms with Crippen LogP contribution >= 0.6 is 11.3 Å². The average Bonchev–Trinajstić information content (AvgIpc) is 3.15. The number of hydrogen-bond acceptors (Lipinski definition) is 5. The Labute approximate surface area is 203 Å². The summed E-state index contributed by atoms with van der Waals surface area (Å²) >= 11 is 1.26. The number of nitrogens with zero attached hydrogens (tertiary/aromatic N) is 2. The predicted octanol–water partition coefficient (Wildman–Crippen LogP) is 5.80. The molecule has 6 nitrogen and oxygen atoms in total. The minimum Gasteiger partial charge on any atom is -0.494 e. The van der Waals surface area contributed by atoms with Crippen LogP contribution in [0.2, 0.25) is 0 Å². The Balaban J connectivity index is 1.42. The molecule has 0 atom stereocenters. The van der Waals surface area contributed by atoms with E-state index < -0.39 is 0 Å². The van der Waals surface area contributed by atoms with Crippen LogP contribution < -0.4 is 15.6 Å². The van der Waals surface area contributed by atoms with Gasteiger partial charge in [0.05, 0.1) is 23.2 Å². The summed E-state index contributed by atoms with van der Waals surface area (Å²) < 4.78 is 7.39. The number of aryl methyl sites for hydroxylation is 5. The zero-order valence-electron chi connectivity index (χ0n) is 20.0. The number of fused-ring (bicyclic) bond motifs is 1. The summed E-state index contributed by atoms with van der Waals surface area (Å²) in [5.74, 6) is 0.637. The molecule has 0 aliphatic carbocycles. The lowest BCUT2D eigenvalue weighted by Crippen LogP contribution is -2.21. The molecular weight excluding hydrogens is 446 g/mol. The van der Waals surface area contributed by atoms with Crippen molar-refractivity contribution in [1.29, 1.82) is 0 Å². The van der Waals surface area contributed by atoms with E-state index in [-0.39, 0.29) is 11.5 Å². The normalized spacial score (nSPS) is 11.1. The Bertz CT molecular complexity index is 1390. The zero-order valence-corrected chi connectivity index (χ0v) is 20.8. The van der Waals surface area contributed by atoms with Crippen LogP contribution in [0.4, 0.5) is 5.69 Å². The third kappa shape index (κ3) is 5.20. The fourth-order valence-corrected chi connectivity index (χ4v) is 4.91. The van der Waals surface area contributed by atoms with Gasteiger partial charge < -0.3 is 10.1 Å². The number of unbranched alkanes of at least 4 members (excludes halogenated alkanes) is 1. The molecule has 0 aliphatic heterocycles.